The van der Waals surface area contributed by atoms with Crippen LogP contribution in [0.1, 0.15) is 48.7 Å². The molecule has 1 aliphatic heterocycles. The van der Waals surface area contributed by atoms with Crippen LogP contribution in [0.3, 0.4) is 0 Å². The van der Waals surface area contributed by atoms with Gasteiger partial charge in [-0.05, 0) is 47.6 Å². The first kappa shape index (κ1) is 18.2. The number of para-hydroxylation sites is 1. The minimum absolute atomic E-state index is 0.00812. The Bertz CT molecular complexity index is 804. The lowest BCUT2D eigenvalue weighted by Gasteiger charge is -2.29. The summed E-state index contributed by atoms with van der Waals surface area (Å²) in [6.07, 6.45) is 1.94. The van der Waals surface area contributed by atoms with Gasteiger partial charge in [-0.3, -0.25) is 9.59 Å². The number of aryl methyl sites for hydroxylation is 1. The van der Waals surface area contributed by atoms with E-state index in [1.54, 1.807) is 4.90 Å². The Labute approximate surface area is 155 Å². The smallest absolute Gasteiger partial charge is 0.251 e. The average molecular weight is 350 g/mol. The lowest BCUT2D eigenvalue weighted by atomic mass is 9.87. The SMILES string of the molecule is CC(C)(C)c1ccc(C(=O)NCC(=O)N2CCCc3ccccc32)cc1. The predicted octanol–water partition coefficient (Wildman–Crippen LogP) is 3.69. The minimum atomic E-state index is -0.218. The molecule has 1 aliphatic rings. The second-order valence-corrected chi connectivity index (χ2v) is 7.79. The third-order valence-electron chi connectivity index (χ3n) is 4.82. The van der Waals surface area contributed by atoms with E-state index in [2.05, 4.69) is 32.2 Å². The van der Waals surface area contributed by atoms with Crippen molar-refractivity contribution < 1.29 is 9.59 Å². The molecule has 0 saturated carbocycles. The number of amides is 2. The summed E-state index contributed by atoms with van der Waals surface area (Å²) in [5.41, 5.74) is 3.95. The fourth-order valence-electron chi connectivity index (χ4n) is 3.27. The molecule has 26 heavy (non-hydrogen) atoms. The van der Waals surface area contributed by atoms with E-state index < -0.39 is 0 Å². The topological polar surface area (TPSA) is 49.4 Å². The maximum absolute atomic E-state index is 12.6. The summed E-state index contributed by atoms with van der Waals surface area (Å²) in [5, 5.41) is 2.75. The number of nitrogens with zero attached hydrogens (tertiary/aromatic N) is 1. The first-order valence-electron chi connectivity index (χ1n) is 9.13. The van der Waals surface area contributed by atoms with Crippen molar-refractivity contribution in [3.63, 3.8) is 0 Å². The Kier molecular flexibility index (Phi) is 5.12. The lowest BCUT2D eigenvalue weighted by Crippen LogP contribution is -2.42. The molecule has 0 aliphatic carbocycles. The minimum Gasteiger partial charge on any atom is -0.343 e. The van der Waals surface area contributed by atoms with Crippen LogP contribution in [0.15, 0.2) is 48.5 Å². The maximum atomic E-state index is 12.6. The highest BCUT2D eigenvalue weighted by molar-refractivity contribution is 6.00. The summed E-state index contributed by atoms with van der Waals surface area (Å²) < 4.78 is 0. The molecule has 1 N–H and O–H groups in total. The number of hydrogen-bond acceptors (Lipinski definition) is 2. The van der Waals surface area contributed by atoms with E-state index in [0.717, 1.165) is 18.5 Å². The molecule has 1 heterocycles. The molecule has 0 spiro atoms. The summed E-state index contributed by atoms with van der Waals surface area (Å²) in [6.45, 7) is 7.12. The van der Waals surface area contributed by atoms with Crippen LogP contribution in [0, 0.1) is 0 Å². The first-order valence-corrected chi connectivity index (χ1v) is 9.13. The number of rotatable bonds is 3. The van der Waals surface area contributed by atoms with E-state index >= 15 is 0 Å². The van der Waals surface area contributed by atoms with Gasteiger partial charge in [0.05, 0.1) is 6.54 Å². The van der Waals surface area contributed by atoms with Gasteiger partial charge in [-0.25, -0.2) is 0 Å². The van der Waals surface area contributed by atoms with Crippen molar-refractivity contribution in [2.75, 3.05) is 18.0 Å². The molecule has 0 unspecified atom stereocenters. The molecule has 2 aromatic carbocycles. The molecule has 0 radical (unpaired) electrons. The molecule has 4 heteroatoms. The van der Waals surface area contributed by atoms with Gasteiger partial charge in [0.25, 0.3) is 5.91 Å². The number of anilines is 1. The Hall–Kier alpha value is -2.62. The number of hydrogen-bond donors (Lipinski definition) is 1. The largest absolute Gasteiger partial charge is 0.343 e. The molecular formula is C22H26N2O2. The summed E-state index contributed by atoms with van der Waals surface area (Å²) >= 11 is 0. The molecule has 0 bridgehead atoms. The number of nitrogens with one attached hydrogen (secondary N) is 1. The highest BCUT2D eigenvalue weighted by atomic mass is 16.2. The summed E-state index contributed by atoms with van der Waals surface area (Å²) in [7, 11) is 0. The molecule has 0 fully saturated rings. The van der Waals surface area contributed by atoms with Gasteiger partial charge >= 0.3 is 0 Å². The fourth-order valence-corrected chi connectivity index (χ4v) is 3.27. The van der Waals surface area contributed by atoms with E-state index in [0.29, 0.717) is 12.1 Å². The van der Waals surface area contributed by atoms with E-state index in [1.807, 2.05) is 42.5 Å². The standard InChI is InChI=1S/C22H26N2O2/c1-22(2,3)18-12-10-17(11-13-18)21(26)23-15-20(25)24-14-6-8-16-7-4-5-9-19(16)24/h4-5,7,9-13H,6,8,14-15H2,1-3H3,(H,23,26). The van der Waals surface area contributed by atoms with Crippen molar-refractivity contribution in [1.29, 1.82) is 0 Å². The second kappa shape index (κ2) is 7.32. The molecule has 2 amide bonds. The van der Waals surface area contributed by atoms with Crippen LogP contribution >= 0.6 is 0 Å². The van der Waals surface area contributed by atoms with Gasteiger partial charge < -0.3 is 10.2 Å². The van der Waals surface area contributed by atoms with Crippen LogP contribution in [0.4, 0.5) is 5.69 Å². The zero-order valence-corrected chi connectivity index (χ0v) is 15.7. The molecule has 136 valence electrons. The van der Waals surface area contributed by atoms with Gasteiger partial charge in [0.15, 0.2) is 0 Å². The average Bonchev–Trinajstić information content (AvgIpc) is 2.64. The fraction of sp³-hybridized carbons (Fsp3) is 0.364. The Morgan fingerprint density at radius 2 is 1.73 bits per heavy atom. The van der Waals surface area contributed by atoms with Gasteiger partial charge in [0, 0.05) is 17.8 Å². The number of benzene rings is 2. The Morgan fingerprint density at radius 3 is 2.42 bits per heavy atom. The van der Waals surface area contributed by atoms with E-state index in [9.17, 15) is 9.59 Å². The molecule has 4 nitrogen and oxygen atoms in total. The van der Waals surface area contributed by atoms with Crippen LogP contribution in [-0.4, -0.2) is 24.9 Å². The number of carbonyl (C=O) groups is 2. The van der Waals surface area contributed by atoms with Crippen LogP contribution in [0.25, 0.3) is 0 Å². The highest BCUT2D eigenvalue weighted by Gasteiger charge is 2.22. The van der Waals surface area contributed by atoms with Gasteiger partial charge in [0.1, 0.15) is 0 Å². The maximum Gasteiger partial charge on any atom is 0.251 e. The molecule has 2 aromatic rings. The predicted molar refractivity (Wildman–Crippen MR) is 105 cm³/mol. The van der Waals surface area contributed by atoms with E-state index in [1.165, 1.54) is 11.1 Å². The van der Waals surface area contributed by atoms with Crippen LogP contribution in [-0.2, 0) is 16.6 Å². The Balaban J connectivity index is 1.62. The zero-order valence-electron chi connectivity index (χ0n) is 15.7. The molecule has 0 saturated heterocycles. The molecule has 3 rings (SSSR count). The second-order valence-electron chi connectivity index (χ2n) is 7.79. The molecule has 0 aromatic heterocycles. The van der Waals surface area contributed by atoms with Crippen molar-refractivity contribution in [2.24, 2.45) is 0 Å². The third-order valence-corrected chi connectivity index (χ3v) is 4.82. The van der Waals surface area contributed by atoms with Gasteiger partial charge in [-0.15, -0.1) is 0 Å². The van der Waals surface area contributed by atoms with Crippen molar-refractivity contribution in [3.05, 3.63) is 65.2 Å². The summed E-state index contributed by atoms with van der Waals surface area (Å²) in [4.78, 5) is 26.7. The third kappa shape index (κ3) is 3.96. The van der Waals surface area contributed by atoms with Crippen LogP contribution in [0.5, 0.6) is 0 Å². The zero-order chi connectivity index (χ0) is 18.7. The van der Waals surface area contributed by atoms with Crippen molar-refractivity contribution >= 4 is 17.5 Å². The molecular weight excluding hydrogens is 324 g/mol. The first-order chi connectivity index (χ1) is 12.4. The van der Waals surface area contributed by atoms with Crippen molar-refractivity contribution in [2.45, 2.75) is 39.0 Å². The van der Waals surface area contributed by atoms with Gasteiger partial charge in [0.2, 0.25) is 5.91 Å². The van der Waals surface area contributed by atoms with Gasteiger partial charge in [-0.2, -0.15) is 0 Å². The summed E-state index contributed by atoms with van der Waals surface area (Å²) in [6, 6.07) is 15.5. The lowest BCUT2D eigenvalue weighted by molar-refractivity contribution is -0.117. The monoisotopic (exact) mass is 350 g/mol. The normalized spacial score (nSPS) is 13.9. The van der Waals surface area contributed by atoms with E-state index in [-0.39, 0.29) is 23.8 Å². The number of fused-ring (bicyclic) bond motifs is 1. The Morgan fingerprint density at radius 1 is 1.04 bits per heavy atom. The summed E-state index contributed by atoms with van der Waals surface area (Å²) in [5.74, 6) is -0.291. The van der Waals surface area contributed by atoms with E-state index in [4.69, 9.17) is 0 Å². The quantitative estimate of drug-likeness (QED) is 0.918. The highest BCUT2D eigenvalue weighted by Crippen LogP contribution is 2.26. The van der Waals surface area contributed by atoms with Crippen LogP contribution in [0.2, 0.25) is 0 Å². The van der Waals surface area contributed by atoms with Crippen LogP contribution < -0.4 is 10.2 Å². The van der Waals surface area contributed by atoms with Crippen molar-refractivity contribution in [1.82, 2.24) is 5.32 Å². The van der Waals surface area contributed by atoms with Crippen molar-refractivity contribution in [3.8, 4) is 0 Å². The molecule has 0 atom stereocenters. The van der Waals surface area contributed by atoms with Gasteiger partial charge in [-0.1, -0.05) is 51.1 Å². The number of carbonyl (C=O) groups excluding carboxylic acids is 2.